The van der Waals surface area contributed by atoms with Crippen LogP contribution in [0.5, 0.6) is 0 Å². The molecule has 104 valence electrons. The minimum absolute atomic E-state index is 0.0458. The largest absolute Gasteiger partial charge is 0.376 e. The van der Waals surface area contributed by atoms with Crippen molar-refractivity contribution >= 4 is 11.6 Å². The first kappa shape index (κ1) is 14.0. The summed E-state index contributed by atoms with van der Waals surface area (Å²) in [7, 11) is 0. The van der Waals surface area contributed by atoms with E-state index in [1.165, 1.54) is 6.07 Å². The number of carbonyl (C=O) groups is 1. The summed E-state index contributed by atoms with van der Waals surface area (Å²) >= 11 is 0. The number of ether oxygens (including phenoxy) is 2. The highest BCUT2D eigenvalue weighted by Gasteiger charge is 2.16. The summed E-state index contributed by atoms with van der Waals surface area (Å²) in [6, 6.07) is 4.58. The Morgan fingerprint density at radius 1 is 1.58 bits per heavy atom. The van der Waals surface area contributed by atoms with Crippen molar-refractivity contribution in [2.45, 2.75) is 25.9 Å². The van der Waals surface area contributed by atoms with Crippen molar-refractivity contribution in [1.29, 1.82) is 0 Å². The first-order valence-corrected chi connectivity index (χ1v) is 6.41. The van der Waals surface area contributed by atoms with Crippen molar-refractivity contribution in [2.24, 2.45) is 0 Å². The maximum atomic E-state index is 13.3. The van der Waals surface area contributed by atoms with Gasteiger partial charge in [-0.1, -0.05) is 6.07 Å². The fourth-order valence-electron chi connectivity index (χ4n) is 1.99. The van der Waals surface area contributed by atoms with Gasteiger partial charge in [-0.3, -0.25) is 4.79 Å². The molecule has 5 heteroatoms. The molecule has 1 atom stereocenters. The third-order valence-corrected chi connectivity index (χ3v) is 3.10. The van der Waals surface area contributed by atoms with Crippen LogP contribution < -0.4 is 5.32 Å². The van der Waals surface area contributed by atoms with Crippen LogP contribution in [0, 0.1) is 12.7 Å². The molecule has 0 aromatic heterocycles. The highest BCUT2D eigenvalue weighted by atomic mass is 19.1. The first-order chi connectivity index (χ1) is 9.16. The van der Waals surface area contributed by atoms with E-state index in [2.05, 4.69) is 5.32 Å². The number of hydrogen-bond donors (Lipinski definition) is 1. The number of anilines is 1. The molecular formula is C14H18FNO3. The Morgan fingerprint density at radius 2 is 2.42 bits per heavy atom. The lowest BCUT2D eigenvalue weighted by molar-refractivity contribution is -0.121. The molecule has 1 aromatic rings. The quantitative estimate of drug-likeness (QED) is 0.890. The van der Waals surface area contributed by atoms with Gasteiger partial charge in [-0.2, -0.15) is 0 Å². The topological polar surface area (TPSA) is 47.6 Å². The van der Waals surface area contributed by atoms with Gasteiger partial charge in [-0.05, 0) is 31.9 Å². The van der Waals surface area contributed by atoms with E-state index < -0.39 is 0 Å². The number of halogens is 1. The molecular weight excluding hydrogens is 249 g/mol. The maximum Gasteiger partial charge on any atom is 0.250 e. The van der Waals surface area contributed by atoms with Gasteiger partial charge in [-0.25, -0.2) is 4.39 Å². The van der Waals surface area contributed by atoms with E-state index in [1.807, 2.05) is 0 Å². The number of carbonyl (C=O) groups excluding carboxylic acids is 1. The Morgan fingerprint density at radius 3 is 3.16 bits per heavy atom. The molecule has 1 fully saturated rings. The van der Waals surface area contributed by atoms with E-state index in [-0.39, 0.29) is 24.4 Å². The SMILES string of the molecule is Cc1c(F)cccc1NC(=O)COC[C@H]1CCCO1. The van der Waals surface area contributed by atoms with Crippen LogP contribution in [0.15, 0.2) is 18.2 Å². The van der Waals surface area contributed by atoms with Crippen LogP contribution in [-0.4, -0.2) is 31.8 Å². The van der Waals surface area contributed by atoms with Crippen molar-refractivity contribution in [3.63, 3.8) is 0 Å². The molecule has 0 radical (unpaired) electrons. The molecule has 19 heavy (non-hydrogen) atoms. The van der Waals surface area contributed by atoms with E-state index >= 15 is 0 Å². The van der Waals surface area contributed by atoms with Crippen LogP contribution in [-0.2, 0) is 14.3 Å². The molecule has 1 N–H and O–H groups in total. The predicted molar refractivity (Wildman–Crippen MR) is 69.6 cm³/mol. The van der Waals surface area contributed by atoms with Crippen molar-refractivity contribution in [3.8, 4) is 0 Å². The minimum Gasteiger partial charge on any atom is -0.376 e. The second-order valence-electron chi connectivity index (χ2n) is 4.61. The molecule has 0 spiro atoms. The molecule has 1 amide bonds. The second kappa shape index (κ2) is 6.63. The summed E-state index contributed by atoms with van der Waals surface area (Å²) < 4.78 is 24.0. The second-order valence-corrected chi connectivity index (χ2v) is 4.61. The Hall–Kier alpha value is -1.46. The van der Waals surface area contributed by atoms with Crippen molar-refractivity contribution in [2.75, 3.05) is 25.1 Å². The third kappa shape index (κ3) is 4.01. The predicted octanol–water partition coefficient (Wildman–Crippen LogP) is 2.27. The lowest BCUT2D eigenvalue weighted by Crippen LogP contribution is -2.22. The standard InChI is InChI=1S/C14H18FNO3/c1-10-12(15)5-2-6-13(10)16-14(17)9-18-8-11-4-3-7-19-11/h2,5-6,11H,3-4,7-9H2,1H3,(H,16,17)/t11-/m1/s1. The Kier molecular flexibility index (Phi) is 4.87. The summed E-state index contributed by atoms with van der Waals surface area (Å²) in [5, 5.41) is 2.63. The Balaban J connectivity index is 1.76. The normalized spacial score (nSPS) is 18.5. The molecule has 2 rings (SSSR count). The van der Waals surface area contributed by atoms with Crippen LogP contribution >= 0.6 is 0 Å². The molecule has 1 heterocycles. The third-order valence-electron chi connectivity index (χ3n) is 3.10. The summed E-state index contributed by atoms with van der Waals surface area (Å²) in [4.78, 5) is 11.7. The fraction of sp³-hybridized carbons (Fsp3) is 0.500. The van der Waals surface area contributed by atoms with Gasteiger partial charge in [0, 0.05) is 17.9 Å². The molecule has 0 saturated carbocycles. The zero-order valence-electron chi connectivity index (χ0n) is 10.9. The van der Waals surface area contributed by atoms with Gasteiger partial charge in [0.15, 0.2) is 0 Å². The molecule has 1 aromatic carbocycles. The maximum absolute atomic E-state index is 13.3. The number of hydrogen-bond acceptors (Lipinski definition) is 3. The van der Waals surface area contributed by atoms with Crippen LogP contribution in [0.25, 0.3) is 0 Å². The van der Waals surface area contributed by atoms with Gasteiger partial charge >= 0.3 is 0 Å². The Labute approximate surface area is 111 Å². The summed E-state index contributed by atoms with van der Waals surface area (Å²) in [6.07, 6.45) is 2.12. The van der Waals surface area contributed by atoms with Crippen LogP contribution in [0.2, 0.25) is 0 Å². The molecule has 4 nitrogen and oxygen atoms in total. The van der Waals surface area contributed by atoms with E-state index in [0.29, 0.717) is 17.9 Å². The zero-order chi connectivity index (χ0) is 13.7. The summed E-state index contributed by atoms with van der Waals surface area (Å²) in [5.41, 5.74) is 0.903. The van der Waals surface area contributed by atoms with E-state index in [4.69, 9.17) is 9.47 Å². The lowest BCUT2D eigenvalue weighted by atomic mass is 10.2. The monoisotopic (exact) mass is 267 g/mol. The van der Waals surface area contributed by atoms with Crippen LogP contribution in [0.3, 0.4) is 0 Å². The molecule has 1 saturated heterocycles. The van der Waals surface area contributed by atoms with Crippen LogP contribution in [0.4, 0.5) is 10.1 Å². The summed E-state index contributed by atoms with van der Waals surface area (Å²) in [6.45, 7) is 2.77. The molecule has 0 bridgehead atoms. The van der Waals surface area contributed by atoms with E-state index in [0.717, 1.165) is 19.4 Å². The van der Waals surface area contributed by atoms with Gasteiger partial charge < -0.3 is 14.8 Å². The molecule has 1 aliphatic heterocycles. The van der Waals surface area contributed by atoms with Crippen molar-refractivity contribution < 1.29 is 18.7 Å². The fourth-order valence-corrected chi connectivity index (χ4v) is 1.99. The van der Waals surface area contributed by atoms with E-state index in [9.17, 15) is 9.18 Å². The molecule has 0 unspecified atom stereocenters. The first-order valence-electron chi connectivity index (χ1n) is 6.41. The number of rotatable bonds is 5. The lowest BCUT2D eigenvalue weighted by Gasteiger charge is -2.11. The van der Waals surface area contributed by atoms with Crippen molar-refractivity contribution in [3.05, 3.63) is 29.6 Å². The Bertz CT molecular complexity index is 444. The van der Waals surface area contributed by atoms with Crippen LogP contribution in [0.1, 0.15) is 18.4 Å². The molecule has 0 aliphatic carbocycles. The zero-order valence-corrected chi connectivity index (χ0v) is 10.9. The average Bonchev–Trinajstić information content (AvgIpc) is 2.88. The number of benzene rings is 1. The molecule has 1 aliphatic rings. The summed E-state index contributed by atoms with van der Waals surface area (Å²) in [5.74, 6) is -0.621. The van der Waals surface area contributed by atoms with Crippen molar-refractivity contribution in [1.82, 2.24) is 0 Å². The average molecular weight is 267 g/mol. The van der Waals surface area contributed by atoms with Gasteiger partial charge in [0.2, 0.25) is 5.91 Å². The highest BCUT2D eigenvalue weighted by molar-refractivity contribution is 5.92. The number of nitrogens with one attached hydrogen (secondary N) is 1. The highest BCUT2D eigenvalue weighted by Crippen LogP contribution is 2.17. The van der Waals surface area contributed by atoms with Gasteiger partial charge in [0.05, 0.1) is 12.7 Å². The number of amides is 1. The smallest absolute Gasteiger partial charge is 0.250 e. The van der Waals surface area contributed by atoms with Gasteiger partial charge in [0.1, 0.15) is 12.4 Å². The minimum atomic E-state index is -0.335. The van der Waals surface area contributed by atoms with Gasteiger partial charge in [-0.15, -0.1) is 0 Å². The van der Waals surface area contributed by atoms with E-state index in [1.54, 1.807) is 19.1 Å². The van der Waals surface area contributed by atoms with Gasteiger partial charge in [0.25, 0.3) is 0 Å².